The number of hydrogen-bond acceptors (Lipinski definition) is 10. The summed E-state index contributed by atoms with van der Waals surface area (Å²) in [5.74, 6) is 0.852. The molecule has 0 amide bonds. The van der Waals surface area contributed by atoms with Gasteiger partial charge in [-0.15, -0.1) is 0 Å². The number of piperazine rings is 1. The molecule has 0 radical (unpaired) electrons. The lowest BCUT2D eigenvalue weighted by atomic mass is 10.2. The Labute approximate surface area is 238 Å². The van der Waals surface area contributed by atoms with Crippen molar-refractivity contribution < 1.29 is 17.9 Å². The van der Waals surface area contributed by atoms with Crippen LogP contribution in [0, 0.1) is 0 Å². The zero-order valence-electron chi connectivity index (χ0n) is 23.6. The van der Waals surface area contributed by atoms with Gasteiger partial charge in [-0.1, -0.05) is 19.9 Å². The fourth-order valence-electron chi connectivity index (χ4n) is 4.83. The minimum atomic E-state index is -3.85. The lowest BCUT2D eigenvalue weighted by Crippen LogP contribution is -2.48. The Bertz CT molecular complexity index is 1700. The zero-order valence-corrected chi connectivity index (χ0v) is 24.5. The maximum Gasteiger partial charge on any atom is 0.280 e. The van der Waals surface area contributed by atoms with Gasteiger partial charge in [0.1, 0.15) is 22.8 Å². The second-order valence-corrected chi connectivity index (χ2v) is 11.5. The van der Waals surface area contributed by atoms with E-state index in [9.17, 15) is 13.2 Å². The molecular formula is C27H34N8O5S. The number of pyridine rings is 2. The highest BCUT2D eigenvalue weighted by Crippen LogP contribution is 2.31. The summed E-state index contributed by atoms with van der Waals surface area (Å²) in [6.07, 6.45) is 3.44. The highest BCUT2D eigenvalue weighted by Gasteiger charge is 2.30. The summed E-state index contributed by atoms with van der Waals surface area (Å²) < 4.78 is 42.6. The van der Waals surface area contributed by atoms with Crippen molar-refractivity contribution in [2.75, 3.05) is 53.0 Å². The SMILES string of the molecule is CCc1nn(-c2ccccn2)c2c(=O)n(C)c(-c3cc(S(=O)(=O)N4CCN(CC)CC4)cnc3OCCOC)nc12. The maximum atomic E-state index is 13.8. The molecule has 0 saturated carbocycles. The topological polar surface area (TPSA) is 138 Å². The number of nitrogens with zero attached hydrogens (tertiary/aromatic N) is 8. The van der Waals surface area contributed by atoms with Gasteiger partial charge in [-0.05, 0) is 31.2 Å². The quantitative estimate of drug-likeness (QED) is 0.253. The standard InChI is InChI=1S/C27H34N8O5S/c1-5-21-23-24(35(31-21)22-9-7-8-10-28-22)27(36)32(3)25(30-23)20-17-19(18-29-26(20)40-16-15-39-4)41(37,38)34-13-11-33(6-2)12-14-34/h7-10,17-18H,5-6,11-16H2,1-4H3. The van der Waals surface area contributed by atoms with Crippen molar-refractivity contribution in [2.24, 2.45) is 7.05 Å². The first kappa shape index (κ1) is 28.8. The molecule has 5 heterocycles. The minimum absolute atomic E-state index is 0.00535. The predicted molar refractivity (Wildman–Crippen MR) is 153 cm³/mol. The van der Waals surface area contributed by atoms with Crippen molar-refractivity contribution in [1.82, 2.24) is 38.5 Å². The van der Waals surface area contributed by atoms with Crippen molar-refractivity contribution >= 4 is 21.1 Å². The molecule has 1 aliphatic rings. The Hall–Kier alpha value is -3.72. The number of rotatable bonds is 10. The number of fused-ring (bicyclic) bond motifs is 1. The van der Waals surface area contributed by atoms with Gasteiger partial charge in [0.2, 0.25) is 15.9 Å². The maximum absolute atomic E-state index is 13.8. The Morgan fingerprint density at radius 2 is 1.83 bits per heavy atom. The van der Waals surface area contributed by atoms with Gasteiger partial charge in [0.05, 0.1) is 24.1 Å². The highest BCUT2D eigenvalue weighted by molar-refractivity contribution is 7.89. The number of aromatic nitrogens is 6. The van der Waals surface area contributed by atoms with Crippen LogP contribution in [0.2, 0.25) is 0 Å². The first-order valence-corrected chi connectivity index (χ1v) is 15.0. The molecule has 0 bridgehead atoms. The molecule has 4 aromatic rings. The molecule has 1 aliphatic heterocycles. The molecule has 41 heavy (non-hydrogen) atoms. The predicted octanol–water partition coefficient (Wildman–Crippen LogP) is 1.49. The fraction of sp³-hybridized carbons (Fsp3) is 0.444. The zero-order chi connectivity index (χ0) is 29.1. The van der Waals surface area contributed by atoms with Crippen molar-refractivity contribution in [3.05, 3.63) is 52.7 Å². The molecule has 5 rings (SSSR count). The first-order chi connectivity index (χ1) is 19.8. The third-order valence-corrected chi connectivity index (χ3v) is 9.05. The Morgan fingerprint density at radius 1 is 1.05 bits per heavy atom. The third-order valence-electron chi connectivity index (χ3n) is 7.18. The van der Waals surface area contributed by atoms with Gasteiger partial charge >= 0.3 is 0 Å². The summed E-state index contributed by atoms with van der Waals surface area (Å²) in [4.78, 5) is 29.6. The third kappa shape index (κ3) is 5.47. The van der Waals surface area contributed by atoms with E-state index >= 15 is 0 Å². The van der Waals surface area contributed by atoms with Gasteiger partial charge in [0.25, 0.3) is 5.56 Å². The minimum Gasteiger partial charge on any atom is -0.475 e. The lowest BCUT2D eigenvalue weighted by molar-refractivity contribution is 0.144. The van der Waals surface area contributed by atoms with E-state index in [2.05, 4.69) is 26.9 Å². The second-order valence-electron chi connectivity index (χ2n) is 9.60. The van der Waals surface area contributed by atoms with Crippen LogP contribution in [0.15, 0.2) is 46.3 Å². The molecule has 4 aromatic heterocycles. The lowest BCUT2D eigenvalue weighted by Gasteiger charge is -2.33. The van der Waals surface area contributed by atoms with Gasteiger partial charge in [-0.3, -0.25) is 9.36 Å². The van der Waals surface area contributed by atoms with Crippen LogP contribution in [0.3, 0.4) is 0 Å². The van der Waals surface area contributed by atoms with Crippen LogP contribution >= 0.6 is 0 Å². The number of likely N-dealkylation sites (N-methyl/N-ethyl adjacent to an activating group) is 1. The Morgan fingerprint density at radius 3 is 2.49 bits per heavy atom. The monoisotopic (exact) mass is 582 g/mol. The van der Waals surface area contributed by atoms with Crippen LogP contribution in [0.5, 0.6) is 5.88 Å². The van der Waals surface area contributed by atoms with E-state index in [4.69, 9.17) is 14.5 Å². The van der Waals surface area contributed by atoms with Gasteiger partial charge in [0.15, 0.2) is 11.3 Å². The van der Waals surface area contributed by atoms with E-state index in [-0.39, 0.29) is 39.8 Å². The molecule has 0 aromatic carbocycles. The molecule has 0 unspecified atom stereocenters. The molecule has 0 atom stereocenters. The number of hydrogen-bond donors (Lipinski definition) is 0. The smallest absolute Gasteiger partial charge is 0.280 e. The van der Waals surface area contributed by atoms with E-state index in [0.717, 1.165) is 6.54 Å². The van der Waals surface area contributed by atoms with E-state index < -0.39 is 10.0 Å². The van der Waals surface area contributed by atoms with E-state index in [1.807, 2.05) is 13.0 Å². The Kier molecular flexibility index (Phi) is 8.45. The highest BCUT2D eigenvalue weighted by atomic mass is 32.2. The number of sulfonamides is 1. The van der Waals surface area contributed by atoms with E-state index in [0.29, 0.717) is 56.2 Å². The molecule has 0 N–H and O–H groups in total. The molecule has 13 nitrogen and oxygen atoms in total. The van der Waals surface area contributed by atoms with Crippen molar-refractivity contribution in [2.45, 2.75) is 25.2 Å². The average Bonchev–Trinajstić information content (AvgIpc) is 3.38. The van der Waals surface area contributed by atoms with Gasteiger partial charge in [0, 0.05) is 46.5 Å². The number of aryl methyl sites for hydroxylation is 1. The van der Waals surface area contributed by atoms with Crippen LogP contribution in [0.25, 0.3) is 28.2 Å². The Balaban J connectivity index is 1.66. The van der Waals surface area contributed by atoms with Gasteiger partial charge in [-0.25, -0.2) is 28.1 Å². The fourth-order valence-corrected chi connectivity index (χ4v) is 6.23. The summed E-state index contributed by atoms with van der Waals surface area (Å²) in [5.41, 5.74) is 1.21. The van der Waals surface area contributed by atoms with Crippen LogP contribution in [0.1, 0.15) is 19.5 Å². The second kappa shape index (κ2) is 12.0. The molecule has 14 heteroatoms. The molecule has 0 aliphatic carbocycles. The van der Waals surface area contributed by atoms with Gasteiger partial charge < -0.3 is 14.4 Å². The van der Waals surface area contributed by atoms with Crippen LogP contribution in [-0.2, 0) is 28.2 Å². The largest absolute Gasteiger partial charge is 0.475 e. The van der Waals surface area contributed by atoms with Crippen molar-refractivity contribution in [1.29, 1.82) is 0 Å². The number of methoxy groups -OCH3 is 1. The molecule has 218 valence electrons. The van der Waals surface area contributed by atoms with E-state index in [1.54, 1.807) is 32.5 Å². The van der Waals surface area contributed by atoms with E-state index in [1.165, 1.54) is 25.8 Å². The molecule has 0 spiro atoms. The summed E-state index contributed by atoms with van der Waals surface area (Å²) in [7, 11) is -0.721. The summed E-state index contributed by atoms with van der Waals surface area (Å²) in [5, 5.41) is 4.64. The van der Waals surface area contributed by atoms with Gasteiger partial charge in [-0.2, -0.15) is 9.40 Å². The summed E-state index contributed by atoms with van der Waals surface area (Å²) in [6.45, 7) is 7.39. The molecular weight excluding hydrogens is 548 g/mol. The molecule has 1 fully saturated rings. The first-order valence-electron chi connectivity index (χ1n) is 13.5. The number of ether oxygens (including phenoxy) is 2. The van der Waals surface area contributed by atoms with Crippen LogP contribution in [0.4, 0.5) is 0 Å². The average molecular weight is 583 g/mol. The van der Waals surface area contributed by atoms with Crippen molar-refractivity contribution in [3.8, 4) is 23.1 Å². The van der Waals surface area contributed by atoms with Crippen molar-refractivity contribution in [3.63, 3.8) is 0 Å². The summed E-state index contributed by atoms with van der Waals surface area (Å²) >= 11 is 0. The normalized spacial score (nSPS) is 15.0. The molecule has 1 saturated heterocycles. The van der Waals surface area contributed by atoms with Crippen LogP contribution < -0.4 is 10.3 Å². The van der Waals surface area contributed by atoms with Crippen LogP contribution in [-0.4, -0.2) is 100.0 Å². The summed E-state index contributed by atoms with van der Waals surface area (Å²) in [6, 6.07) is 6.85.